The van der Waals surface area contributed by atoms with Crippen LogP contribution in [0.1, 0.15) is 12.1 Å². The summed E-state index contributed by atoms with van der Waals surface area (Å²) in [7, 11) is 3.02. The second kappa shape index (κ2) is 7.39. The van der Waals surface area contributed by atoms with Gasteiger partial charge in [-0.25, -0.2) is 4.98 Å². The molecule has 0 saturated carbocycles. The molecule has 0 bridgehead atoms. The van der Waals surface area contributed by atoms with Gasteiger partial charge < -0.3 is 19.7 Å². The van der Waals surface area contributed by atoms with E-state index in [-0.39, 0.29) is 0 Å². The summed E-state index contributed by atoms with van der Waals surface area (Å²) in [6, 6.07) is 5.13. The van der Waals surface area contributed by atoms with E-state index in [1.54, 1.807) is 25.1 Å². The van der Waals surface area contributed by atoms with E-state index in [1.807, 2.05) is 0 Å². The van der Waals surface area contributed by atoms with Gasteiger partial charge in [-0.1, -0.05) is 0 Å². The lowest BCUT2D eigenvalue weighted by Crippen LogP contribution is -2.20. The second-order valence-electron chi connectivity index (χ2n) is 5.00. The molecular weight excluding hydrogens is 334 g/mol. The molecule has 0 unspecified atom stereocenters. The Hall–Kier alpha value is -2.48. The maximum atomic E-state index is 11.4. The van der Waals surface area contributed by atoms with Crippen LogP contribution in [-0.4, -0.2) is 46.6 Å². The van der Waals surface area contributed by atoms with E-state index in [9.17, 15) is 14.7 Å². The summed E-state index contributed by atoms with van der Waals surface area (Å²) in [5.41, 5.74) is 1.20. The van der Waals surface area contributed by atoms with Crippen LogP contribution in [0.5, 0.6) is 11.5 Å². The summed E-state index contributed by atoms with van der Waals surface area (Å²) in [5.74, 6) is -1.32. The minimum absolute atomic E-state index is 0.491. The second-order valence-corrected chi connectivity index (χ2v) is 6.24. The topological polar surface area (TPSA) is 106 Å². The third-order valence-corrected chi connectivity index (χ3v) is 4.55. The Bertz CT molecular complexity index is 792. The number of methoxy groups -OCH3 is 2. The van der Waals surface area contributed by atoms with Crippen molar-refractivity contribution < 1.29 is 29.3 Å². The first kappa shape index (κ1) is 17.9. The Labute approximate surface area is 142 Å². The van der Waals surface area contributed by atoms with E-state index in [2.05, 4.69) is 4.98 Å². The van der Waals surface area contributed by atoms with E-state index in [0.29, 0.717) is 33.0 Å². The van der Waals surface area contributed by atoms with Crippen LogP contribution in [0.2, 0.25) is 0 Å². The van der Waals surface area contributed by atoms with E-state index in [1.165, 1.54) is 14.2 Å². The number of rotatable bonds is 7. The number of pyridine rings is 1. The molecule has 7 nitrogen and oxygen atoms in total. The number of aliphatic carboxylic acids is 2. The number of carboxylic acid groups (broad SMARTS) is 2. The molecule has 1 atom stereocenters. The maximum absolute atomic E-state index is 11.4. The first-order valence-corrected chi connectivity index (χ1v) is 7.89. The largest absolute Gasteiger partial charge is 0.496 e. The van der Waals surface area contributed by atoms with E-state index in [0.717, 1.165) is 11.8 Å². The number of carbonyl (C=O) groups is 2. The molecule has 0 radical (unpaired) electrons. The third-order valence-electron chi connectivity index (χ3n) is 3.32. The van der Waals surface area contributed by atoms with Gasteiger partial charge in [-0.15, -0.1) is 11.8 Å². The molecule has 0 aliphatic rings. The van der Waals surface area contributed by atoms with Gasteiger partial charge >= 0.3 is 11.9 Å². The van der Waals surface area contributed by atoms with Crippen LogP contribution in [0.15, 0.2) is 23.1 Å². The van der Waals surface area contributed by atoms with Crippen molar-refractivity contribution in [2.75, 3.05) is 14.2 Å². The normalized spacial score (nSPS) is 12.0. The Balaban J connectivity index is 2.64. The zero-order valence-corrected chi connectivity index (χ0v) is 14.2. The average Bonchev–Trinajstić information content (AvgIpc) is 2.52. The fraction of sp³-hybridized carbons (Fsp3) is 0.312. The highest BCUT2D eigenvalue weighted by Gasteiger charge is 2.25. The minimum atomic E-state index is -1.19. The number of carboxylic acids is 2. The molecule has 0 spiro atoms. The van der Waals surface area contributed by atoms with Gasteiger partial charge in [0, 0.05) is 10.6 Å². The van der Waals surface area contributed by atoms with Gasteiger partial charge in [-0.3, -0.25) is 9.59 Å². The smallest absolute Gasteiger partial charge is 0.317 e. The Morgan fingerprint density at radius 3 is 2.38 bits per heavy atom. The lowest BCUT2D eigenvalue weighted by molar-refractivity contribution is -0.142. The summed E-state index contributed by atoms with van der Waals surface area (Å²) < 4.78 is 10.7. The molecule has 1 heterocycles. The molecule has 0 fully saturated rings. The molecule has 24 heavy (non-hydrogen) atoms. The number of aryl methyl sites for hydroxylation is 1. The van der Waals surface area contributed by atoms with E-state index < -0.39 is 23.6 Å². The summed E-state index contributed by atoms with van der Waals surface area (Å²) in [6.45, 7) is 1.77. The molecule has 0 aliphatic heterocycles. The highest BCUT2D eigenvalue weighted by atomic mass is 32.2. The lowest BCUT2D eigenvalue weighted by Gasteiger charge is -2.16. The van der Waals surface area contributed by atoms with E-state index >= 15 is 0 Å². The SMILES string of the molecule is COc1ccc(OC)c2c(S[C@H](CC(=O)O)C(=O)O)cc(C)nc12. The standard InChI is InChI=1S/C16H17NO6S/c1-8-6-11(24-12(16(20)21)7-13(18)19)14-9(22-2)4-5-10(23-3)15(14)17-8/h4-6,12H,7H2,1-3H3,(H,18,19)(H,20,21)/t12-/m1/s1. The van der Waals surface area contributed by atoms with Crippen molar-refractivity contribution in [1.82, 2.24) is 4.98 Å². The molecule has 2 aromatic rings. The highest BCUT2D eigenvalue weighted by Crippen LogP contribution is 2.40. The average molecular weight is 351 g/mol. The van der Waals surface area contributed by atoms with Gasteiger partial charge in [0.2, 0.25) is 0 Å². The van der Waals surface area contributed by atoms with Crippen molar-refractivity contribution in [3.63, 3.8) is 0 Å². The number of thioether (sulfide) groups is 1. The van der Waals surface area contributed by atoms with Crippen molar-refractivity contribution in [3.8, 4) is 11.5 Å². The Kier molecular flexibility index (Phi) is 5.50. The summed E-state index contributed by atoms with van der Waals surface area (Å²) in [4.78, 5) is 27.3. The van der Waals surface area contributed by atoms with Crippen LogP contribution in [0.3, 0.4) is 0 Å². The molecule has 0 aliphatic carbocycles. The maximum Gasteiger partial charge on any atom is 0.317 e. The molecule has 1 aromatic carbocycles. The van der Waals surface area contributed by atoms with Crippen LogP contribution < -0.4 is 9.47 Å². The van der Waals surface area contributed by atoms with Crippen LogP contribution in [-0.2, 0) is 9.59 Å². The quantitative estimate of drug-likeness (QED) is 0.733. The zero-order valence-electron chi connectivity index (χ0n) is 13.4. The number of aromatic nitrogens is 1. The predicted octanol–water partition coefficient (Wildman–Crippen LogP) is 2.58. The lowest BCUT2D eigenvalue weighted by atomic mass is 10.1. The van der Waals surface area contributed by atoms with Crippen LogP contribution in [0.4, 0.5) is 0 Å². The first-order chi connectivity index (χ1) is 11.4. The Morgan fingerprint density at radius 2 is 1.83 bits per heavy atom. The molecule has 128 valence electrons. The van der Waals surface area contributed by atoms with E-state index in [4.69, 9.17) is 14.6 Å². The molecule has 2 rings (SSSR count). The molecular formula is C16H17NO6S. The fourth-order valence-corrected chi connectivity index (χ4v) is 3.48. The summed E-state index contributed by atoms with van der Waals surface area (Å²) >= 11 is 0.962. The minimum Gasteiger partial charge on any atom is -0.496 e. The van der Waals surface area contributed by atoms with Gasteiger partial charge in [0.15, 0.2) is 0 Å². The van der Waals surface area contributed by atoms with Crippen LogP contribution in [0.25, 0.3) is 10.9 Å². The van der Waals surface area contributed by atoms with Crippen LogP contribution >= 0.6 is 11.8 Å². The predicted molar refractivity (Wildman–Crippen MR) is 89.1 cm³/mol. The zero-order chi connectivity index (χ0) is 17.9. The number of hydrogen-bond donors (Lipinski definition) is 2. The Morgan fingerprint density at radius 1 is 1.21 bits per heavy atom. The highest BCUT2D eigenvalue weighted by molar-refractivity contribution is 8.00. The monoisotopic (exact) mass is 351 g/mol. The van der Waals surface area contributed by atoms with Gasteiger partial charge in [0.05, 0.1) is 26.0 Å². The van der Waals surface area contributed by atoms with Crippen molar-refractivity contribution in [2.45, 2.75) is 23.5 Å². The first-order valence-electron chi connectivity index (χ1n) is 7.01. The molecule has 1 aromatic heterocycles. The van der Waals surface area contributed by atoms with Crippen molar-refractivity contribution in [3.05, 3.63) is 23.9 Å². The molecule has 2 N–H and O–H groups in total. The van der Waals surface area contributed by atoms with Crippen LogP contribution in [0, 0.1) is 6.92 Å². The van der Waals surface area contributed by atoms with Crippen molar-refractivity contribution >= 4 is 34.6 Å². The third kappa shape index (κ3) is 3.70. The summed E-state index contributed by atoms with van der Waals surface area (Å²) in [5, 5.41) is 17.7. The number of hydrogen-bond acceptors (Lipinski definition) is 6. The van der Waals surface area contributed by atoms with Crippen molar-refractivity contribution in [2.24, 2.45) is 0 Å². The number of nitrogens with zero attached hydrogens (tertiary/aromatic N) is 1. The van der Waals surface area contributed by atoms with Gasteiger partial charge in [-0.05, 0) is 25.1 Å². The number of fused-ring (bicyclic) bond motifs is 1. The molecule has 0 saturated heterocycles. The molecule has 0 amide bonds. The molecule has 8 heteroatoms. The summed E-state index contributed by atoms with van der Waals surface area (Å²) in [6.07, 6.45) is -0.491. The number of benzene rings is 1. The number of ether oxygens (including phenoxy) is 2. The fourth-order valence-electron chi connectivity index (χ4n) is 2.29. The van der Waals surface area contributed by atoms with Gasteiger partial charge in [0.1, 0.15) is 22.3 Å². The van der Waals surface area contributed by atoms with Gasteiger partial charge in [0.25, 0.3) is 0 Å². The van der Waals surface area contributed by atoms with Gasteiger partial charge in [-0.2, -0.15) is 0 Å². The van der Waals surface area contributed by atoms with Crippen molar-refractivity contribution in [1.29, 1.82) is 0 Å².